The molecule has 126 valence electrons. The van der Waals surface area contributed by atoms with Crippen LogP contribution in [0.3, 0.4) is 0 Å². The lowest BCUT2D eigenvalue weighted by molar-refractivity contribution is -0.139. The molecule has 1 amide bonds. The lowest BCUT2D eigenvalue weighted by Crippen LogP contribution is -2.19. The van der Waals surface area contributed by atoms with E-state index in [9.17, 15) is 14.4 Å². The molecule has 1 heterocycles. The lowest BCUT2D eigenvalue weighted by atomic mass is 10.1. The van der Waals surface area contributed by atoms with Crippen molar-refractivity contribution in [2.24, 2.45) is 0 Å². The molecule has 1 aromatic heterocycles. The molecule has 0 aliphatic heterocycles. The van der Waals surface area contributed by atoms with Gasteiger partial charge in [0.1, 0.15) is 22.0 Å². The molecule has 8 heteroatoms. The summed E-state index contributed by atoms with van der Waals surface area (Å²) in [6, 6.07) is 0. The molecular weight excluding hydrogens is 320 g/mol. The summed E-state index contributed by atoms with van der Waals surface area (Å²) in [5, 5.41) is 2.61. The quantitative estimate of drug-likeness (QED) is 0.605. The van der Waals surface area contributed by atoms with Crippen LogP contribution < -0.4 is 11.1 Å². The van der Waals surface area contributed by atoms with E-state index >= 15 is 0 Å². The minimum atomic E-state index is -0.648. The van der Waals surface area contributed by atoms with Crippen LogP contribution in [-0.4, -0.2) is 31.5 Å². The van der Waals surface area contributed by atoms with E-state index < -0.39 is 17.8 Å². The van der Waals surface area contributed by atoms with Crippen LogP contribution >= 0.6 is 11.3 Å². The second kappa shape index (κ2) is 8.33. The second-order valence-electron chi connectivity index (χ2n) is 4.78. The van der Waals surface area contributed by atoms with E-state index in [2.05, 4.69) is 5.32 Å². The first-order valence-electron chi connectivity index (χ1n) is 6.93. The third-order valence-corrected chi connectivity index (χ3v) is 3.77. The maximum Gasteiger partial charge on any atom is 0.341 e. The van der Waals surface area contributed by atoms with Crippen molar-refractivity contribution in [3.63, 3.8) is 0 Å². The fraction of sp³-hybridized carbons (Fsp3) is 0.400. The Bertz CT molecular complexity index is 645. The van der Waals surface area contributed by atoms with Gasteiger partial charge >= 0.3 is 11.9 Å². The standard InChI is InChI=1S/C15H20N2O5S/c1-5-21-15(20)11-9(7-22-10(18)6-8(2)3)12(14(19)17-4)23-13(11)16/h6H,5,7,16H2,1-4H3,(H,17,19). The van der Waals surface area contributed by atoms with Gasteiger partial charge in [-0.2, -0.15) is 0 Å². The summed E-state index contributed by atoms with van der Waals surface area (Å²) in [6.45, 7) is 5.09. The van der Waals surface area contributed by atoms with E-state index in [1.807, 2.05) is 0 Å². The number of carbonyl (C=O) groups is 3. The molecule has 0 aliphatic rings. The zero-order valence-electron chi connectivity index (χ0n) is 13.5. The molecule has 0 aliphatic carbocycles. The molecule has 0 saturated carbocycles. The molecule has 0 fully saturated rings. The normalized spacial score (nSPS) is 9.91. The molecule has 0 bridgehead atoms. The van der Waals surface area contributed by atoms with Gasteiger partial charge in [-0.25, -0.2) is 9.59 Å². The van der Waals surface area contributed by atoms with Gasteiger partial charge in [0.2, 0.25) is 0 Å². The topological polar surface area (TPSA) is 108 Å². The van der Waals surface area contributed by atoms with Crippen molar-refractivity contribution in [3.8, 4) is 0 Å². The Labute approximate surface area is 138 Å². The number of hydrogen-bond donors (Lipinski definition) is 2. The number of esters is 2. The third-order valence-electron chi connectivity index (χ3n) is 2.71. The molecule has 3 N–H and O–H groups in total. The van der Waals surface area contributed by atoms with Gasteiger partial charge in [0, 0.05) is 18.7 Å². The van der Waals surface area contributed by atoms with Crippen LogP contribution in [0.15, 0.2) is 11.6 Å². The molecule has 0 saturated heterocycles. The first-order valence-corrected chi connectivity index (χ1v) is 7.75. The van der Waals surface area contributed by atoms with Crippen LogP contribution in [0, 0.1) is 0 Å². The number of nitrogens with two attached hydrogens (primary N) is 1. The van der Waals surface area contributed by atoms with Crippen LogP contribution in [0.1, 0.15) is 46.4 Å². The van der Waals surface area contributed by atoms with Gasteiger partial charge in [-0.15, -0.1) is 11.3 Å². The number of ether oxygens (including phenoxy) is 2. The van der Waals surface area contributed by atoms with Gasteiger partial charge in [-0.3, -0.25) is 4.79 Å². The Morgan fingerprint density at radius 1 is 1.26 bits per heavy atom. The second-order valence-corrected chi connectivity index (χ2v) is 5.83. The van der Waals surface area contributed by atoms with Crippen molar-refractivity contribution in [1.29, 1.82) is 0 Å². The zero-order valence-corrected chi connectivity index (χ0v) is 14.3. The summed E-state index contributed by atoms with van der Waals surface area (Å²) in [5.41, 5.74) is 6.93. The summed E-state index contributed by atoms with van der Waals surface area (Å²) in [6.07, 6.45) is 1.32. The van der Waals surface area contributed by atoms with E-state index in [1.54, 1.807) is 20.8 Å². The van der Waals surface area contributed by atoms with Crippen molar-refractivity contribution in [3.05, 3.63) is 27.7 Å². The maximum atomic E-state index is 12.1. The molecule has 1 rings (SSSR count). The van der Waals surface area contributed by atoms with Crippen molar-refractivity contribution in [1.82, 2.24) is 5.32 Å². The monoisotopic (exact) mass is 340 g/mol. The predicted octanol–water partition coefficient (Wildman–Crippen LogP) is 1.88. The summed E-state index contributed by atoms with van der Waals surface area (Å²) in [4.78, 5) is 35.9. The minimum absolute atomic E-state index is 0.0699. The highest BCUT2D eigenvalue weighted by molar-refractivity contribution is 7.18. The molecular formula is C15H20N2O5S. The fourth-order valence-corrected chi connectivity index (χ4v) is 2.77. The Morgan fingerprint density at radius 3 is 2.43 bits per heavy atom. The minimum Gasteiger partial charge on any atom is -0.462 e. The number of nitrogen functional groups attached to an aromatic ring is 1. The highest BCUT2D eigenvalue weighted by Gasteiger charge is 2.27. The van der Waals surface area contributed by atoms with Gasteiger partial charge in [-0.05, 0) is 20.8 Å². The van der Waals surface area contributed by atoms with E-state index in [0.29, 0.717) is 0 Å². The summed E-state index contributed by atoms with van der Waals surface area (Å²) in [7, 11) is 1.46. The molecule has 0 spiro atoms. The van der Waals surface area contributed by atoms with Gasteiger partial charge in [-0.1, -0.05) is 5.57 Å². The largest absolute Gasteiger partial charge is 0.462 e. The molecule has 7 nitrogen and oxygen atoms in total. The number of amides is 1. The number of hydrogen-bond acceptors (Lipinski definition) is 7. The number of anilines is 1. The SMILES string of the molecule is CCOC(=O)c1c(N)sc(C(=O)NC)c1COC(=O)C=C(C)C. The zero-order chi connectivity index (χ0) is 17.6. The number of nitrogens with one attached hydrogen (secondary N) is 1. The average molecular weight is 340 g/mol. The van der Waals surface area contributed by atoms with Gasteiger partial charge in [0.05, 0.1) is 6.61 Å². The third kappa shape index (κ3) is 4.82. The number of allylic oxidation sites excluding steroid dienone is 1. The van der Waals surface area contributed by atoms with Crippen molar-refractivity contribution >= 4 is 34.2 Å². The van der Waals surface area contributed by atoms with E-state index in [-0.39, 0.29) is 34.2 Å². The molecule has 0 aromatic carbocycles. The summed E-state index contributed by atoms with van der Waals surface area (Å²) in [5.74, 6) is -1.62. The Kier molecular flexibility index (Phi) is 6.77. The van der Waals surface area contributed by atoms with Crippen molar-refractivity contribution in [2.75, 3.05) is 19.4 Å². The number of rotatable bonds is 6. The average Bonchev–Trinajstić information content (AvgIpc) is 2.80. The van der Waals surface area contributed by atoms with Crippen molar-refractivity contribution < 1.29 is 23.9 Å². The van der Waals surface area contributed by atoms with E-state index in [4.69, 9.17) is 15.2 Å². The molecule has 1 aromatic rings. The maximum absolute atomic E-state index is 12.1. The van der Waals surface area contributed by atoms with Crippen LogP contribution in [-0.2, 0) is 20.9 Å². The number of thiophene rings is 1. The van der Waals surface area contributed by atoms with Gasteiger partial charge in [0.25, 0.3) is 5.91 Å². The van der Waals surface area contributed by atoms with Crippen LogP contribution in [0.2, 0.25) is 0 Å². The number of carbonyl (C=O) groups excluding carboxylic acids is 3. The van der Waals surface area contributed by atoms with Crippen molar-refractivity contribution in [2.45, 2.75) is 27.4 Å². The Hall–Kier alpha value is -2.35. The van der Waals surface area contributed by atoms with Gasteiger partial charge in [0.15, 0.2) is 0 Å². The van der Waals surface area contributed by atoms with Crippen LogP contribution in [0.25, 0.3) is 0 Å². The first kappa shape index (κ1) is 18.7. The fourth-order valence-electron chi connectivity index (χ4n) is 1.77. The lowest BCUT2D eigenvalue weighted by Gasteiger charge is -2.08. The van der Waals surface area contributed by atoms with E-state index in [1.165, 1.54) is 13.1 Å². The smallest absolute Gasteiger partial charge is 0.341 e. The van der Waals surface area contributed by atoms with Crippen LogP contribution in [0.5, 0.6) is 0 Å². The summed E-state index contributed by atoms with van der Waals surface area (Å²) >= 11 is 0.952. The van der Waals surface area contributed by atoms with Gasteiger partial charge < -0.3 is 20.5 Å². The molecule has 0 unspecified atom stereocenters. The Balaban J connectivity index is 3.19. The molecule has 23 heavy (non-hydrogen) atoms. The molecule has 0 atom stereocenters. The molecule has 0 radical (unpaired) electrons. The summed E-state index contributed by atoms with van der Waals surface area (Å²) < 4.78 is 10.1. The highest BCUT2D eigenvalue weighted by Crippen LogP contribution is 2.32. The van der Waals surface area contributed by atoms with Crippen LogP contribution in [0.4, 0.5) is 5.00 Å². The van der Waals surface area contributed by atoms with E-state index in [0.717, 1.165) is 16.9 Å². The Morgan fingerprint density at radius 2 is 1.91 bits per heavy atom. The first-order chi connectivity index (χ1) is 10.8. The highest BCUT2D eigenvalue weighted by atomic mass is 32.1. The predicted molar refractivity (Wildman–Crippen MR) is 87.3 cm³/mol.